The van der Waals surface area contributed by atoms with Crippen LogP contribution in [0.4, 0.5) is 0 Å². The molecule has 0 saturated heterocycles. The SMILES string of the molecule is N#Cc1cccc2c1-c1c(-c3cccc(-c4nc(-c5ccccc5)nc(-c5ccc(-c6ccccc6)cc5)n4)c3)cccc1C2(c1ccccc1)c1ccccc1. The Labute approximate surface area is 332 Å². The number of aromatic nitrogens is 3. The molecule has 0 N–H and O–H groups in total. The van der Waals surface area contributed by atoms with E-state index in [4.69, 9.17) is 15.0 Å². The van der Waals surface area contributed by atoms with Gasteiger partial charge in [-0.05, 0) is 62.2 Å². The smallest absolute Gasteiger partial charge is 0.164 e. The molecule has 57 heavy (non-hydrogen) atoms. The molecule has 9 aromatic rings. The first-order chi connectivity index (χ1) is 28.2. The molecule has 0 atom stereocenters. The van der Waals surface area contributed by atoms with Crippen LogP contribution in [-0.2, 0) is 5.41 Å². The molecule has 0 unspecified atom stereocenters. The topological polar surface area (TPSA) is 62.5 Å². The predicted molar refractivity (Wildman–Crippen MR) is 229 cm³/mol. The lowest BCUT2D eigenvalue weighted by Crippen LogP contribution is -2.28. The molecular weight excluding hydrogens is 693 g/mol. The van der Waals surface area contributed by atoms with Crippen LogP contribution in [0.25, 0.3) is 67.5 Å². The Morgan fingerprint density at radius 1 is 0.351 bits per heavy atom. The number of nitriles is 1. The van der Waals surface area contributed by atoms with Crippen LogP contribution >= 0.6 is 0 Å². The van der Waals surface area contributed by atoms with Crippen molar-refractivity contribution in [3.63, 3.8) is 0 Å². The number of hydrogen-bond acceptors (Lipinski definition) is 4. The molecule has 0 fully saturated rings. The highest BCUT2D eigenvalue weighted by molar-refractivity contribution is 5.98. The van der Waals surface area contributed by atoms with E-state index < -0.39 is 5.41 Å². The highest BCUT2D eigenvalue weighted by Gasteiger charge is 2.47. The van der Waals surface area contributed by atoms with E-state index >= 15 is 0 Å². The minimum Gasteiger partial charge on any atom is -0.208 e. The fourth-order valence-electron chi connectivity index (χ4n) is 8.53. The minimum absolute atomic E-state index is 0.585. The Morgan fingerprint density at radius 2 is 0.772 bits per heavy atom. The Morgan fingerprint density at radius 3 is 1.37 bits per heavy atom. The first-order valence-electron chi connectivity index (χ1n) is 19.1. The van der Waals surface area contributed by atoms with Gasteiger partial charge in [-0.15, -0.1) is 0 Å². The molecule has 0 spiro atoms. The first kappa shape index (κ1) is 33.8. The van der Waals surface area contributed by atoms with E-state index in [1.807, 2.05) is 48.5 Å². The maximum absolute atomic E-state index is 10.6. The molecule has 10 rings (SSSR count). The van der Waals surface area contributed by atoms with Crippen LogP contribution in [0.3, 0.4) is 0 Å². The number of hydrogen-bond donors (Lipinski definition) is 0. The van der Waals surface area contributed by atoms with Crippen molar-refractivity contribution in [1.29, 1.82) is 5.26 Å². The molecule has 0 bridgehead atoms. The Kier molecular flexibility index (Phi) is 8.39. The van der Waals surface area contributed by atoms with Crippen molar-refractivity contribution in [3.05, 3.63) is 234 Å². The van der Waals surface area contributed by atoms with Crippen LogP contribution in [0.5, 0.6) is 0 Å². The van der Waals surface area contributed by atoms with Crippen LogP contribution in [0.1, 0.15) is 27.8 Å². The van der Waals surface area contributed by atoms with E-state index in [0.29, 0.717) is 23.0 Å². The van der Waals surface area contributed by atoms with E-state index in [1.54, 1.807) is 0 Å². The normalized spacial score (nSPS) is 12.3. The Bertz CT molecular complexity index is 2900. The summed E-state index contributed by atoms with van der Waals surface area (Å²) in [6.07, 6.45) is 0. The average molecular weight is 727 g/mol. The summed E-state index contributed by atoms with van der Waals surface area (Å²) in [6, 6.07) is 73.8. The fraction of sp³-hybridized carbons (Fsp3) is 0.0189. The Balaban J connectivity index is 1.16. The number of benzene rings is 8. The van der Waals surface area contributed by atoms with Crippen LogP contribution in [0.2, 0.25) is 0 Å². The van der Waals surface area contributed by atoms with Gasteiger partial charge in [0.1, 0.15) is 0 Å². The lowest BCUT2D eigenvalue weighted by Gasteiger charge is -2.34. The maximum atomic E-state index is 10.6. The van der Waals surface area contributed by atoms with Crippen molar-refractivity contribution in [3.8, 4) is 73.6 Å². The second-order valence-electron chi connectivity index (χ2n) is 14.2. The predicted octanol–water partition coefficient (Wildman–Crippen LogP) is 12.4. The zero-order chi connectivity index (χ0) is 38.2. The van der Waals surface area contributed by atoms with Crippen LogP contribution in [-0.4, -0.2) is 15.0 Å². The molecule has 0 saturated carbocycles. The first-order valence-corrected chi connectivity index (χ1v) is 19.1. The molecule has 4 nitrogen and oxygen atoms in total. The van der Waals surface area contributed by atoms with Gasteiger partial charge in [0.15, 0.2) is 17.5 Å². The van der Waals surface area contributed by atoms with Gasteiger partial charge in [0.25, 0.3) is 0 Å². The molecule has 0 radical (unpaired) electrons. The third kappa shape index (κ3) is 5.73. The minimum atomic E-state index is -0.628. The second kappa shape index (κ2) is 14.2. The zero-order valence-corrected chi connectivity index (χ0v) is 30.9. The fourth-order valence-corrected chi connectivity index (χ4v) is 8.53. The summed E-state index contributed by atoms with van der Waals surface area (Å²) >= 11 is 0. The van der Waals surface area contributed by atoms with Crippen LogP contribution in [0.15, 0.2) is 206 Å². The van der Waals surface area contributed by atoms with Crippen molar-refractivity contribution in [2.75, 3.05) is 0 Å². The van der Waals surface area contributed by atoms with Gasteiger partial charge < -0.3 is 0 Å². The summed E-state index contributed by atoms with van der Waals surface area (Å²) < 4.78 is 0. The van der Waals surface area contributed by atoms with E-state index in [2.05, 4.69) is 164 Å². The largest absolute Gasteiger partial charge is 0.208 e. The van der Waals surface area contributed by atoms with Gasteiger partial charge in [0, 0.05) is 22.3 Å². The molecule has 1 aliphatic rings. The van der Waals surface area contributed by atoms with Gasteiger partial charge in [0.2, 0.25) is 0 Å². The summed E-state index contributed by atoms with van der Waals surface area (Å²) in [5.74, 6) is 1.80. The van der Waals surface area contributed by atoms with Crippen molar-refractivity contribution in [2.24, 2.45) is 0 Å². The Hall–Kier alpha value is -7.74. The number of nitrogens with zero attached hydrogens (tertiary/aromatic N) is 4. The quantitative estimate of drug-likeness (QED) is 0.164. The molecule has 1 aliphatic carbocycles. The third-order valence-corrected chi connectivity index (χ3v) is 11.1. The summed E-state index contributed by atoms with van der Waals surface area (Å²) in [7, 11) is 0. The van der Waals surface area contributed by atoms with E-state index in [0.717, 1.165) is 72.3 Å². The van der Waals surface area contributed by atoms with Crippen LogP contribution in [0, 0.1) is 11.3 Å². The molecule has 4 heteroatoms. The van der Waals surface area contributed by atoms with Gasteiger partial charge in [-0.1, -0.05) is 194 Å². The van der Waals surface area contributed by atoms with Gasteiger partial charge in [-0.25, -0.2) is 15.0 Å². The second-order valence-corrected chi connectivity index (χ2v) is 14.2. The molecule has 1 heterocycles. The highest BCUT2D eigenvalue weighted by Crippen LogP contribution is 2.59. The molecule has 1 aromatic heterocycles. The zero-order valence-electron chi connectivity index (χ0n) is 30.9. The van der Waals surface area contributed by atoms with Gasteiger partial charge >= 0.3 is 0 Å². The highest BCUT2D eigenvalue weighted by atomic mass is 15.0. The third-order valence-electron chi connectivity index (χ3n) is 11.1. The molecule has 8 aromatic carbocycles. The lowest BCUT2D eigenvalue weighted by atomic mass is 9.67. The number of rotatable bonds is 7. The van der Waals surface area contributed by atoms with E-state index in [1.165, 1.54) is 0 Å². The average Bonchev–Trinajstić information content (AvgIpc) is 3.62. The van der Waals surface area contributed by atoms with E-state index in [9.17, 15) is 5.26 Å². The van der Waals surface area contributed by atoms with E-state index in [-0.39, 0.29) is 0 Å². The lowest BCUT2D eigenvalue weighted by molar-refractivity contribution is 0.768. The molecule has 266 valence electrons. The maximum Gasteiger partial charge on any atom is 0.164 e. The molecule has 0 aliphatic heterocycles. The van der Waals surface area contributed by atoms with Crippen molar-refractivity contribution in [1.82, 2.24) is 15.0 Å². The number of fused-ring (bicyclic) bond motifs is 3. The summed E-state index contributed by atoms with van der Waals surface area (Å²) in [5, 5.41) is 10.6. The standard InChI is InChI=1S/C53H34N4/c54-35-42-22-14-28-46-48(42)49-45(27-15-29-47(49)53(46,43-23-9-3-10-24-43)44-25-11-4-12-26-44)40-20-13-21-41(34-40)52-56-50(38-18-7-2-8-19-38)55-51(57-52)39-32-30-37(31-33-39)36-16-5-1-6-17-36/h1-34H. The van der Waals surface area contributed by atoms with Gasteiger partial charge in [-0.2, -0.15) is 5.26 Å². The summed E-state index contributed by atoms with van der Waals surface area (Å²) in [4.78, 5) is 15.2. The molecule has 0 amide bonds. The van der Waals surface area contributed by atoms with Gasteiger partial charge in [0.05, 0.1) is 17.0 Å². The van der Waals surface area contributed by atoms with Gasteiger partial charge in [-0.3, -0.25) is 0 Å². The van der Waals surface area contributed by atoms with Crippen molar-refractivity contribution in [2.45, 2.75) is 5.41 Å². The summed E-state index contributed by atoms with van der Waals surface area (Å²) in [5.41, 5.74) is 13.6. The summed E-state index contributed by atoms with van der Waals surface area (Å²) in [6.45, 7) is 0. The monoisotopic (exact) mass is 726 g/mol. The van der Waals surface area contributed by atoms with Crippen molar-refractivity contribution < 1.29 is 0 Å². The molecular formula is C53H34N4. The van der Waals surface area contributed by atoms with Crippen LogP contribution < -0.4 is 0 Å². The van der Waals surface area contributed by atoms with Crippen molar-refractivity contribution >= 4 is 0 Å².